The Morgan fingerprint density at radius 2 is 1.65 bits per heavy atom. The van der Waals surface area contributed by atoms with Crippen molar-refractivity contribution in [3.8, 4) is 16.3 Å². The molecule has 162 valence electrons. The van der Waals surface area contributed by atoms with E-state index in [1.54, 1.807) is 26.2 Å². The Bertz CT molecular complexity index is 1050. The van der Waals surface area contributed by atoms with E-state index >= 15 is 0 Å². The Balaban J connectivity index is 1.59. The van der Waals surface area contributed by atoms with Crippen molar-refractivity contribution in [3.05, 3.63) is 59.7 Å². The molecule has 0 radical (unpaired) electrons. The number of hydrogen-bond donors (Lipinski definition) is 2. The molecule has 0 saturated heterocycles. The second-order valence-electron chi connectivity index (χ2n) is 8.15. The molecule has 2 amide bonds. The first kappa shape index (κ1) is 22.4. The van der Waals surface area contributed by atoms with Gasteiger partial charge in [-0.25, -0.2) is 0 Å². The summed E-state index contributed by atoms with van der Waals surface area (Å²) in [6.45, 7) is 7.97. The molecule has 0 spiro atoms. The van der Waals surface area contributed by atoms with Gasteiger partial charge in [-0.2, -0.15) is 0 Å². The summed E-state index contributed by atoms with van der Waals surface area (Å²) in [5, 5.41) is 14.6. The number of methoxy groups -OCH3 is 1. The SMILES string of the molecule is COc1ccc(-c2nnc(NC(=O)C(C)NC(=O)c3ccc(C(C)(C)C)cc3)s2)cc1. The van der Waals surface area contributed by atoms with E-state index in [2.05, 4.69) is 41.6 Å². The van der Waals surface area contributed by atoms with Crippen LogP contribution >= 0.6 is 11.3 Å². The highest BCUT2D eigenvalue weighted by Crippen LogP contribution is 2.28. The predicted molar refractivity (Wildman–Crippen MR) is 123 cm³/mol. The lowest BCUT2D eigenvalue weighted by atomic mass is 9.86. The molecule has 0 bridgehead atoms. The first-order chi connectivity index (χ1) is 14.7. The molecule has 3 aromatic rings. The zero-order valence-electron chi connectivity index (χ0n) is 18.2. The van der Waals surface area contributed by atoms with Crippen LogP contribution in [0.4, 0.5) is 5.13 Å². The summed E-state index contributed by atoms with van der Waals surface area (Å²) in [6, 6.07) is 14.1. The Morgan fingerprint density at radius 3 is 2.23 bits per heavy atom. The van der Waals surface area contributed by atoms with Gasteiger partial charge in [-0.15, -0.1) is 10.2 Å². The van der Waals surface area contributed by atoms with Gasteiger partial charge in [0.1, 0.15) is 16.8 Å². The average molecular weight is 439 g/mol. The lowest BCUT2D eigenvalue weighted by molar-refractivity contribution is -0.117. The van der Waals surface area contributed by atoms with E-state index in [4.69, 9.17) is 4.74 Å². The minimum atomic E-state index is -0.733. The molecule has 0 aliphatic carbocycles. The second-order valence-corrected chi connectivity index (χ2v) is 9.13. The van der Waals surface area contributed by atoms with Crippen molar-refractivity contribution < 1.29 is 14.3 Å². The number of carbonyl (C=O) groups excluding carboxylic acids is 2. The lowest BCUT2D eigenvalue weighted by Crippen LogP contribution is -2.41. The molecule has 2 N–H and O–H groups in total. The molecule has 0 saturated carbocycles. The molecule has 1 aromatic heterocycles. The first-order valence-electron chi connectivity index (χ1n) is 9.87. The molecule has 8 heteroatoms. The van der Waals surface area contributed by atoms with Gasteiger partial charge in [-0.3, -0.25) is 14.9 Å². The van der Waals surface area contributed by atoms with Gasteiger partial charge < -0.3 is 10.1 Å². The number of anilines is 1. The standard InChI is InChI=1S/C23H26N4O3S/c1-14(24-20(29)15-6-10-17(11-7-15)23(2,3)4)19(28)25-22-27-26-21(31-22)16-8-12-18(30-5)13-9-16/h6-14H,1-5H3,(H,24,29)(H,25,27,28). The van der Waals surface area contributed by atoms with Crippen LogP contribution in [0.1, 0.15) is 43.6 Å². The summed E-state index contributed by atoms with van der Waals surface area (Å²) in [4.78, 5) is 25.0. The topological polar surface area (TPSA) is 93.2 Å². The number of nitrogens with zero attached hydrogens (tertiary/aromatic N) is 2. The fourth-order valence-electron chi connectivity index (χ4n) is 2.80. The maximum atomic E-state index is 12.5. The number of ether oxygens (including phenoxy) is 1. The highest BCUT2D eigenvalue weighted by Gasteiger charge is 2.19. The Labute approximate surface area is 185 Å². The molecule has 0 aliphatic heterocycles. The fourth-order valence-corrected chi connectivity index (χ4v) is 3.56. The molecule has 2 aromatic carbocycles. The van der Waals surface area contributed by atoms with Gasteiger partial charge in [0.15, 0.2) is 0 Å². The van der Waals surface area contributed by atoms with E-state index in [1.165, 1.54) is 11.3 Å². The molecule has 7 nitrogen and oxygen atoms in total. The van der Waals surface area contributed by atoms with E-state index in [-0.39, 0.29) is 17.2 Å². The van der Waals surface area contributed by atoms with Crippen molar-refractivity contribution in [3.63, 3.8) is 0 Å². The van der Waals surface area contributed by atoms with Crippen LogP contribution in [0.2, 0.25) is 0 Å². The van der Waals surface area contributed by atoms with Crippen molar-refractivity contribution >= 4 is 28.3 Å². The van der Waals surface area contributed by atoms with E-state index in [1.807, 2.05) is 36.4 Å². The summed E-state index contributed by atoms with van der Waals surface area (Å²) in [5.74, 6) is 0.0794. The number of benzene rings is 2. The maximum absolute atomic E-state index is 12.5. The highest BCUT2D eigenvalue weighted by atomic mass is 32.1. The van der Waals surface area contributed by atoms with Gasteiger partial charge in [0.05, 0.1) is 7.11 Å². The van der Waals surface area contributed by atoms with E-state index < -0.39 is 6.04 Å². The molecule has 1 heterocycles. The Hall–Kier alpha value is -3.26. The van der Waals surface area contributed by atoms with Crippen molar-refractivity contribution in [2.24, 2.45) is 0 Å². The molecule has 0 aliphatic rings. The summed E-state index contributed by atoms with van der Waals surface area (Å²) in [6.07, 6.45) is 0. The summed E-state index contributed by atoms with van der Waals surface area (Å²) in [7, 11) is 1.61. The zero-order chi connectivity index (χ0) is 22.6. The molecular weight excluding hydrogens is 412 g/mol. The minimum absolute atomic E-state index is 0.00853. The van der Waals surface area contributed by atoms with Crippen LogP contribution in [0, 0.1) is 0 Å². The largest absolute Gasteiger partial charge is 0.497 e. The molecule has 3 rings (SSSR count). The van der Waals surface area contributed by atoms with Crippen molar-refractivity contribution in [2.45, 2.75) is 39.2 Å². The summed E-state index contributed by atoms with van der Waals surface area (Å²) < 4.78 is 5.15. The average Bonchev–Trinajstić information content (AvgIpc) is 3.21. The third kappa shape index (κ3) is 5.67. The maximum Gasteiger partial charge on any atom is 0.251 e. The smallest absolute Gasteiger partial charge is 0.251 e. The highest BCUT2D eigenvalue weighted by molar-refractivity contribution is 7.18. The molecule has 1 unspecified atom stereocenters. The minimum Gasteiger partial charge on any atom is -0.497 e. The number of amides is 2. The van der Waals surface area contributed by atoms with Gasteiger partial charge in [0.25, 0.3) is 5.91 Å². The van der Waals surface area contributed by atoms with E-state index in [0.29, 0.717) is 15.7 Å². The van der Waals surface area contributed by atoms with Crippen molar-refractivity contribution in [2.75, 3.05) is 12.4 Å². The van der Waals surface area contributed by atoms with Crippen molar-refractivity contribution in [1.29, 1.82) is 0 Å². The van der Waals surface area contributed by atoms with Crippen LogP contribution < -0.4 is 15.4 Å². The molecule has 31 heavy (non-hydrogen) atoms. The number of aromatic nitrogens is 2. The molecule has 1 atom stereocenters. The quantitative estimate of drug-likeness (QED) is 0.600. The number of carbonyl (C=O) groups is 2. The Kier molecular flexibility index (Phi) is 6.70. The lowest BCUT2D eigenvalue weighted by Gasteiger charge is -2.19. The van der Waals surface area contributed by atoms with Gasteiger partial charge in [0, 0.05) is 11.1 Å². The normalized spacial score (nSPS) is 12.2. The molecular formula is C23H26N4O3S. The Morgan fingerprint density at radius 1 is 1.00 bits per heavy atom. The summed E-state index contributed by atoms with van der Waals surface area (Å²) >= 11 is 1.26. The number of hydrogen-bond acceptors (Lipinski definition) is 6. The third-order valence-corrected chi connectivity index (χ3v) is 5.63. The van der Waals surface area contributed by atoms with Gasteiger partial charge in [0.2, 0.25) is 11.0 Å². The number of nitrogens with one attached hydrogen (secondary N) is 2. The van der Waals surface area contributed by atoms with Crippen LogP contribution in [0.3, 0.4) is 0 Å². The molecule has 0 fully saturated rings. The van der Waals surface area contributed by atoms with Gasteiger partial charge in [-0.1, -0.05) is 44.2 Å². The van der Waals surface area contributed by atoms with Crippen molar-refractivity contribution in [1.82, 2.24) is 15.5 Å². The van der Waals surface area contributed by atoms with Crippen LogP contribution in [-0.2, 0) is 10.2 Å². The van der Waals surface area contributed by atoms with Crippen LogP contribution in [0.25, 0.3) is 10.6 Å². The van der Waals surface area contributed by atoms with Crippen LogP contribution in [-0.4, -0.2) is 35.2 Å². The predicted octanol–water partition coefficient (Wildman–Crippen LogP) is 4.27. The fraction of sp³-hybridized carbons (Fsp3) is 0.304. The number of rotatable bonds is 6. The van der Waals surface area contributed by atoms with Crippen LogP contribution in [0.15, 0.2) is 48.5 Å². The second kappa shape index (κ2) is 9.26. The monoisotopic (exact) mass is 438 g/mol. The van der Waals surface area contributed by atoms with Gasteiger partial charge in [-0.05, 0) is 54.3 Å². The van der Waals surface area contributed by atoms with E-state index in [9.17, 15) is 9.59 Å². The first-order valence-corrected chi connectivity index (χ1v) is 10.7. The zero-order valence-corrected chi connectivity index (χ0v) is 19.0. The van der Waals surface area contributed by atoms with Crippen LogP contribution in [0.5, 0.6) is 5.75 Å². The van der Waals surface area contributed by atoms with Gasteiger partial charge >= 0.3 is 0 Å². The third-order valence-electron chi connectivity index (χ3n) is 4.75. The summed E-state index contributed by atoms with van der Waals surface area (Å²) in [5.41, 5.74) is 2.53. The van der Waals surface area contributed by atoms with E-state index in [0.717, 1.165) is 16.9 Å².